The lowest BCUT2D eigenvalue weighted by Gasteiger charge is -2.18. The van der Waals surface area contributed by atoms with Gasteiger partial charge >= 0.3 is 0 Å². The zero-order valence-electron chi connectivity index (χ0n) is 25.0. The van der Waals surface area contributed by atoms with Crippen LogP contribution in [-0.2, 0) is 5.54 Å². The second-order valence-corrected chi connectivity index (χ2v) is 11.3. The van der Waals surface area contributed by atoms with Crippen molar-refractivity contribution in [2.75, 3.05) is 19.0 Å². The third kappa shape index (κ3) is 5.10. The highest BCUT2D eigenvalue weighted by Gasteiger charge is 2.48. The number of anilines is 1. The summed E-state index contributed by atoms with van der Waals surface area (Å²) < 4.78 is 26.0. The van der Waals surface area contributed by atoms with Crippen LogP contribution in [-0.4, -0.2) is 29.5 Å². The van der Waals surface area contributed by atoms with E-state index < -0.39 is 5.54 Å². The normalized spacial score (nSPS) is 16.4. The first-order chi connectivity index (χ1) is 21.9. The average molecular weight is 602 g/mol. The minimum atomic E-state index is -0.583. The predicted octanol–water partition coefficient (Wildman–Crippen LogP) is 7.27. The number of amides is 1. The molecule has 1 amide bonds. The lowest BCUT2D eigenvalue weighted by Crippen LogP contribution is -2.36. The third-order valence-corrected chi connectivity index (χ3v) is 8.41. The van der Waals surface area contributed by atoms with Crippen molar-refractivity contribution in [1.29, 1.82) is 0 Å². The molecule has 2 aliphatic rings. The molecule has 3 N–H and O–H groups in total. The molecular formula is C36H32FN5O3. The lowest BCUT2D eigenvalue weighted by molar-refractivity contribution is 0.0925. The van der Waals surface area contributed by atoms with Crippen LogP contribution in [0.25, 0.3) is 33.4 Å². The molecule has 8 nitrogen and oxygen atoms in total. The number of hydrogen-bond donors (Lipinski definition) is 3. The van der Waals surface area contributed by atoms with E-state index in [4.69, 9.17) is 9.15 Å². The fraction of sp³-hybridized carbons (Fsp3) is 0.194. The highest BCUT2D eigenvalue weighted by Crippen LogP contribution is 2.46. The number of hydrogen-bond acceptors (Lipinski definition) is 7. The van der Waals surface area contributed by atoms with Gasteiger partial charge in [0, 0.05) is 52.8 Å². The van der Waals surface area contributed by atoms with Crippen molar-refractivity contribution in [1.82, 2.24) is 20.6 Å². The van der Waals surface area contributed by atoms with E-state index in [-0.39, 0.29) is 17.8 Å². The van der Waals surface area contributed by atoms with E-state index in [0.717, 1.165) is 51.7 Å². The van der Waals surface area contributed by atoms with E-state index in [9.17, 15) is 9.18 Å². The van der Waals surface area contributed by atoms with Crippen molar-refractivity contribution in [3.05, 3.63) is 120 Å². The molecule has 1 unspecified atom stereocenters. The van der Waals surface area contributed by atoms with Crippen molar-refractivity contribution in [2.24, 2.45) is 0 Å². The predicted molar refractivity (Wildman–Crippen MR) is 172 cm³/mol. The minimum Gasteiger partial charge on any atom is -0.496 e. The van der Waals surface area contributed by atoms with Gasteiger partial charge in [-0.15, -0.1) is 0 Å². The number of nitrogens with one attached hydrogen (secondary N) is 3. The summed E-state index contributed by atoms with van der Waals surface area (Å²) in [7, 11) is 1.55. The molecule has 1 aliphatic heterocycles. The monoisotopic (exact) mass is 601 g/mol. The molecule has 45 heavy (non-hydrogen) atoms. The van der Waals surface area contributed by atoms with Crippen LogP contribution >= 0.6 is 0 Å². The molecule has 5 aromatic rings. The van der Waals surface area contributed by atoms with Crippen LogP contribution in [0.1, 0.15) is 47.6 Å². The SMILES string of the molecule is C=C1C=CNC1c1c(-c2ccc(F)cc2)oc2cc(NCC)c(-c3ccc(OC)c(C(=O)NC4(c5ncccn5)CC4)c3)cc12. The fourth-order valence-electron chi connectivity index (χ4n) is 5.98. The Labute approximate surface area is 260 Å². The number of nitrogens with zero attached hydrogens (tertiary/aromatic N) is 2. The van der Waals surface area contributed by atoms with Crippen LogP contribution in [0.2, 0.25) is 0 Å². The quantitative estimate of drug-likeness (QED) is 0.163. The molecule has 0 spiro atoms. The Bertz CT molecular complexity index is 1960. The van der Waals surface area contributed by atoms with Gasteiger partial charge < -0.3 is 25.1 Å². The summed E-state index contributed by atoms with van der Waals surface area (Å²) in [6.07, 6.45) is 8.71. The van der Waals surface area contributed by atoms with Gasteiger partial charge in [0.05, 0.1) is 18.7 Å². The Hall–Kier alpha value is -5.44. The van der Waals surface area contributed by atoms with Crippen molar-refractivity contribution in [3.8, 4) is 28.2 Å². The Morgan fingerprint density at radius 1 is 1.11 bits per heavy atom. The number of rotatable bonds is 9. The summed E-state index contributed by atoms with van der Waals surface area (Å²) in [5, 5.41) is 10.9. The smallest absolute Gasteiger partial charge is 0.255 e. The van der Waals surface area contributed by atoms with Crippen LogP contribution in [0.3, 0.4) is 0 Å². The molecule has 1 saturated carbocycles. The summed E-state index contributed by atoms with van der Waals surface area (Å²) in [6, 6.07) is 17.5. The number of fused-ring (bicyclic) bond motifs is 1. The van der Waals surface area contributed by atoms with E-state index in [2.05, 4.69) is 38.6 Å². The Morgan fingerprint density at radius 2 is 1.87 bits per heavy atom. The molecule has 2 aromatic heterocycles. The summed E-state index contributed by atoms with van der Waals surface area (Å²) in [5.41, 5.74) is 5.61. The third-order valence-electron chi connectivity index (χ3n) is 8.41. The first kappa shape index (κ1) is 28.3. The van der Waals surface area contributed by atoms with Gasteiger partial charge in [0.1, 0.15) is 28.4 Å². The molecule has 9 heteroatoms. The maximum absolute atomic E-state index is 13.9. The van der Waals surface area contributed by atoms with Crippen LogP contribution < -0.4 is 20.7 Å². The van der Waals surface area contributed by atoms with E-state index in [1.807, 2.05) is 43.5 Å². The van der Waals surface area contributed by atoms with Gasteiger partial charge in [0.2, 0.25) is 0 Å². The van der Waals surface area contributed by atoms with Gasteiger partial charge in [0.15, 0.2) is 5.82 Å². The number of carbonyl (C=O) groups is 1. The number of furan rings is 1. The summed E-state index contributed by atoms with van der Waals surface area (Å²) in [6.45, 7) is 6.95. The fourth-order valence-corrected chi connectivity index (χ4v) is 5.98. The number of carbonyl (C=O) groups excluding carboxylic acids is 1. The molecular weight excluding hydrogens is 569 g/mol. The summed E-state index contributed by atoms with van der Waals surface area (Å²) >= 11 is 0. The second-order valence-electron chi connectivity index (χ2n) is 11.3. The van der Waals surface area contributed by atoms with Gasteiger partial charge in [-0.05, 0) is 91.7 Å². The highest BCUT2D eigenvalue weighted by atomic mass is 19.1. The number of methoxy groups -OCH3 is 1. The average Bonchev–Trinajstić information content (AvgIpc) is 3.58. The van der Waals surface area contributed by atoms with E-state index in [0.29, 0.717) is 35.0 Å². The molecule has 0 saturated heterocycles. The summed E-state index contributed by atoms with van der Waals surface area (Å²) in [4.78, 5) is 22.6. The Morgan fingerprint density at radius 3 is 2.53 bits per heavy atom. The maximum Gasteiger partial charge on any atom is 0.255 e. The van der Waals surface area contributed by atoms with Crippen molar-refractivity contribution in [2.45, 2.75) is 31.3 Å². The highest BCUT2D eigenvalue weighted by molar-refractivity contribution is 6.01. The number of halogens is 1. The first-order valence-corrected chi connectivity index (χ1v) is 14.9. The molecule has 3 aromatic carbocycles. The molecule has 1 fully saturated rings. The number of aromatic nitrogens is 2. The molecule has 1 atom stereocenters. The zero-order valence-corrected chi connectivity index (χ0v) is 25.0. The van der Waals surface area contributed by atoms with Crippen molar-refractivity contribution < 1.29 is 18.3 Å². The maximum atomic E-state index is 13.9. The van der Waals surface area contributed by atoms with Crippen LogP contribution in [0, 0.1) is 5.82 Å². The van der Waals surface area contributed by atoms with Gasteiger partial charge in [0.25, 0.3) is 5.91 Å². The second kappa shape index (κ2) is 11.2. The van der Waals surface area contributed by atoms with Crippen molar-refractivity contribution >= 4 is 22.6 Å². The van der Waals surface area contributed by atoms with Crippen LogP contribution in [0.5, 0.6) is 5.75 Å². The molecule has 1 aliphatic carbocycles. The minimum absolute atomic E-state index is 0.226. The van der Waals surface area contributed by atoms with Gasteiger partial charge in [-0.2, -0.15) is 0 Å². The van der Waals surface area contributed by atoms with E-state index >= 15 is 0 Å². The topological polar surface area (TPSA) is 101 Å². The number of benzene rings is 3. The molecule has 3 heterocycles. The molecule has 226 valence electrons. The molecule has 7 rings (SSSR count). The lowest BCUT2D eigenvalue weighted by atomic mass is 9.93. The van der Waals surface area contributed by atoms with E-state index in [1.54, 1.807) is 37.7 Å². The Kier molecular flexibility index (Phi) is 7.08. The summed E-state index contributed by atoms with van der Waals surface area (Å²) in [5.74, 6) is 1.13. The van der Waals surface area contributed by atoms with Crippen LogP contribution in [0.4, 0.5) is 10.1 Å². The molecule has 0 bridgehead atoms. The van der Waals surface area contributed by atoms with E-state index in [1.165, 1.54) is 12.1 Å². The van der Waals surface area contributed by atoms with Gasteiger partial charge in [-0.25, -0.2) is 14.4 Å². The van der Waals surface area contributed by atoms with Crippen LogP contribution in [0.15, 0.2) is 102 Å². The van der Waals surface area contributed by atoms with Gasteiger partial charge in [-0.3, -0.25) is 4.79 Å². The standard InChI is InChI=1S/C36H32FN5O3/c1-4-38-28-20-30-26(31(32-21(2)12-17-39-32)33(45-30)22-6-9-24(37)10-7-22)19-25(28)23-8-11-29(44-3)27(18-23)34(43)42-36(13-14-36)35-40-15-5-16-41-35/h5-12,15-20,32,38-39H,2,4,13-14H2,1,3H3,(H,42,43). The van der Waals surface area contributed by atoms with Gasteiger partial charge in [-0.1, -0.05) is 12.6 Å². The first-order valence-electron chi connectivity index (χ1n) is 14.9. The number of ether oxygens (including phenoxy) is 1. The zero-order chi connectivity index (χ0) is 31.1. The molecule has 0 radical (unpaired) electrons. The largest absolute Gasteiger partial charge is 0.496 e. The Balaban J connectivity index is 1.35. The van der Waals surface area contributed by atoms with Crippen molar-refractivity contribution in [3.63, 3.8) is 0 Å².